The van der Waals surface area contributed by atoms with Gasteiger partial charge in [0.2, 0.25) is 0 Å². The third kappa shape index (κ3) is 2.91. The topological polar surface area (TPSA) is 94.4 Å². The summed E-state index contributed by atoms with van der Waals surface area (Å²) < 4.78 is 4.91. The van der Waals surface area contributed by atoms with E-state index < -0.39 is 10.8 Å². The quantitative estimate of drug-likeness (QED) is 0.674. The number of aromatic nitrogens is 1. The number of anilines is 1. The van der Waals surface area contributed by atoms with Crippen molar-refractivity contribution in [1.82, 2.24) is 4.98 Å². The molecular weight excluding hydrogens is 306 g/mol. The van der Waals surface area contributed by atoms with Gasteiger partial charge in [0, 0.05) is 22.9 Å². The molecule has 0 saturated heterocycles. The summed E-state index contributed by atoms with van der Waals surface area (Å²) in [6, 6.07) is 4.09. The van der Waals surface area contributed by atoms with Gasteiger partial charge in [0.15, 0.2) is 10.9 Å². The Balaban J connectivity index is 1.78. The lowest BCUT2D eigenvalue weighted by molar-refractivity contribution is -0.385. The number of thiazole rings is 1. The largest absolute Gasteiger partial charge is 0.490 e. The van der Waals surface area contributed by atoms with E-state index in [2.05, 4.69) is 10.3 Å². The summed E-state index contributed by atoms with van der Waals surface area (Å²) >= 11 is 1.36. The van der Waals surface area contributed by atoms with Crippen LogP contribution in [0, 0.1) is 10.1 Å². The summed E-state index contributed by atoms with van der Waals surface area (Å²) in [4.78, 5) is 26.9. The van der Waals surface area contributed by atoms with Crippen LogP contribution in [-0.4, -0.2) is 22.9 Å². The van der Waals surface area contributed by atoms with E-state index in [-0.39, 0.29) is 17.0 Å². The highest BCUT2D eigenvalue weighted by Gasteiger charge is 2.26. The Morgan fingerprint density at radius 2 is 2.27 bits per heavy atom. The van der Waals surface area contributed by atoms with Crippen molar-refractivity contribution >= 4 is 28.1 Å². The molecule has 114 valence electrons. The fourth-order valence-corrected chi connectivity index (χ4v) is 2.84. The maximum absolute atomic E-state index is 12.2. The van der Waals surface area contributed by atoms with Crippen LogP contribution in [0.5, 0.6) is 5.75 Å². The lowest BCUT2D eigenvalue weighted by Gasteiger charge is -2.05. The van der Waals surface area contributed by atoms with Gasteiger partial charge < -0.3 is 4.74 Å². The Kier molecular flexibility index (Phi) is 3.76. The predicted octanol–water partition coefficient (Wildman–Crippen LogP) is 3.19. The molecule has 1 fully saturated rings. The fourth-order valence-electron chi connectivity index (χ4n) is 2.05. The highest BCUT2D eigenvalue weighted by Crippen LogP contribution is 2.41. The van der Waals surface area contributed by atoms with E-state index in [1.807, 2.05) is 5.38 Å². The minimum Gasteiger partial charge on any atom is -0.490 e. The first-order chi connectivity index (χ1) is 10.6. The SMILES string of the molecule is COc1ccc(C(=O)Nc2nc(C3CC3)cs2)cc1[N+](=O)[O-]. The van der Waals surface area contributed by atoms with Gasteiger partial charge in [-0.3, -0.25) is 20.2 Å². The predicted molar refractivity (Wildman–Crippen MR) is 81.7 cm³/mol. The second kappa shape index (κ2) is 5.72. The molecule has 2 aromatic rings. The number of amides is 1. The second-order valence-electron chi connectivity index (χ2n) is 4.95. The number of benzene rings is 1. The summed E-state index contributed by atoms with van der Waals surface area (Å²) in [6.07, 6.45) is 2.28. The van der Waals surface area contributed by atoms with Gasteiger partial charge in [0.05, 0.1) is 17.7 Å². The third-order valence-corrected chi connectivity index (χ3v) is 4.15. The number of nitro groups is 1. The van der Waals surface area contributed by atoms with Crippen molar-refractivity contribution in [1.29, 1.82) is 0 Å². The number of nitrogens with zero attached hydrogens (tertiary/aromatic N) is 2. The number of nitro benzene ring substituents is 1. The van der Waals surface area contributed by atoms with E-state index in [9.17, 15) is 14.9 Å². The molecule has 1 aromatic carbocycles. The zero-order valence-corrected chi connectivity index (χ0v) is 12.6. The number of carbonyl (C=O) groups is 1. The third-order valence-electron chi connectivity index (χ3n) is 3.38. The summed E-state index contributed by atoms with van der Waals surface area (Å²) in [6.45, 7) is 0. The minimum atomic E-state index is -0.579. The van der Waals surface area contributed by atoms with Gasteiger partial charge in [0.1, 0.15) is 0 Å². The first-order valence-electron chi connectivity index (χ1n) is 6.67. The van der Waals surface area contributed by atoms with Crippen LogP contribution in [0.1, 0.15) is 34.8 Å². The summed E-state index contributed by atoms with van der Waals surface area (Å²) in [5.41, 5.74) is 0.949. The molecule has 22 heavy (non-hydrogen) atoms. The van der Waals surface area contributed by atoms with Gasteiger partial charge >= 0.3 is 5.69 Å². The highest BCUT2D eigenvalue weighted by atomic mass is 32.1. The van der Waals surface area contributed by atoms with E-state index in [0.717, 1.165) is 18.5 Å². The molecule has 0 bridgehead atoms. The Morgan fingerprint density at radius 1 is 1.50 bits per heavy atom. The van der Waals surface area contributed by atoms with E-state index in [4.69, 9.17) is 4.74 Å². The number of hydrogen-bond donors (Lipinski definition) is 1. The number of hydrogen-bond acceptors (Lipinski definition) is 6. The molecule has 1 heterocycles. The normalized spacial score (nSPS) is 13.7. The highest BCUT2D eigenvalue weighted by molar-refractivity contribution is 7.14. The van der Waals surface area contributed by atoms with E-state index in [1.165, 1.54) is 36.6 Å². The minimum absolute atomic E-state index is 0.117. The molecule has 1 aliphatic rings. The van der Waals surface area contributed by atoms with Crippen molar-refractivity contribution in [3.05, 3.63) is 45.0 Å². The number of rotatable bonds is 5. The zero-order chi connectivity index (χ0) is 15.7. The van der Waals surface area contributed by atoms with Crippen LogP contribution in [-0.2, 0) is 0 Å². The molecule has 1 N–H and O–H groups in total. The lowest BCUT2D eigenvalue weighted by atomic mass is 10.2. The number of carbonyl (C=O) groups excluding carboxylic acids is 1. The molecule has 0 aliphatic heterocycles. The molecule has 7 nitrogen and oxygen atoms in total. The van der Waals surface area contributed by atoms with Crippen molar-refractivity contribution in [2.24, 2.45) is 0 Å². The van der Waals surface area contributed by atoms with Crippen molar-refractivity contribution in [2.75, 3.05) is 12.4 Å². The van der Waals surface area contributed by atoms with E-state index in [0.29, 0.717) is 11.0 Å². The molecule has 0 radical (unpaired) electrons. The molecule has 0 atom stereocenters. The number of nitrogens with one attached hydrogen (secondary N) is 1. The summed E-state index contributed by atoms with van der Waals surface area (Å²) in [5.74, 6) is 0.207. The molecule has 0 spiro atoms. The molecule has 0 unspecified atom stereocenters. The molecule has 1 amide bonds. The number of ether oxygens (including phenoxy) is 1. The molecule has 1 aliphatic carbocycles. The van der Waals surface area contributed by atoms with Crippen LogP contribution in [0.2, 0.25) is 0 Å². The lowest BCUT2D eigenvalue weighted by Crippen LogP contribution is -2.12. The van der Waals surface area contributed by atoms with Crippen molar-refractivity contribution in [3.8, 4) is 5.75 Å². The van der Waals surface area contributed by atoms with Gasteiger partial charge in [-0.25, -0.2) is 4.98 Å². The molecule has 3 rings (SSSR count). The average Bonchev–Trinajstić information content (AvgIpc) is 3.26. The maximum atomic E-state index is 12.2. The molecule has 8 heteroatoms. The number of methoxy groups -OCH3 is 1. The molecular formula is C14H13N3O4S. The van der Waals surface area contributed by atoms with Crippen LogP contribution in [0.4, 0.5) is 10.8 Å². The maximum Gasteiger partial charge on any atom is 0.311 e. The van der Waals surface area contributed by atoms with Crippen LogP contribution in [0.25, 0.3) is 0 Å². The zero-order valence-electron chi connectivity index (χ0n) is 11.7. The van der Waals surface area contributed by atoms with Gasteiger partial charge in [-0.15, -0.1) is 11.3 Å². The van der Waals surface area contributed by atoms with Gasteiger partial charge in [-0.1, -0.05) is 0 Å². The van der Waals surface area contributed by atoms with Crippen LogP contribution in [0.15, 0.2) is 23.6 Å². The Hall–Kier alpha value is -2.48. The Morgan fingerprint density at radius 3 is 2.91 bits per heavy atom. The standard InChI is InChI=1S/C14H13N3O4S/c1-21-12-5-4-9(6-11(12)17(19)20)13(18)16-14-15-10(7-22-14)8-2-3-8/h4-8H,2-3H2,1H3,(H,15,16,18). The summed E-state index contributed by atoms with van der Waals surface area (Å²) in [7, 11) is 1.34. The van der Waals surface area contributed by atoms with Crippen molar-refractivity contribution in [3.63, 3.8) is 0 Å². The summed E-state index contributed by atoms with van der Waals surface area (Å²) in [5, 5.41) is 16.1. The van der Waals surface area contributed by atoms with Gasteiger partial charge in [-0.05, 0) is 25.0 Å². The van der Waals surface area contributed by atoms with Crippen LogP contribution < -0.4 is 10.1 Å². The Labute approximate surface area is 130 Å². The van der Waals surface area contributed by atoms with Crippen molar-refractivity contribution in [2.45, 2.75) is 18.8 Å². The van der Waals surface area contributed by atoms with Crippen LogP contribution >= 0.6 is 11.3 Å². The first kappa shape index (κ1) is 14.5. The monoisotopic (exact) mass is 319 g/mol. The van der Waals surface area contributed by atoms with Crippen LogP contribution in [0.3, 0.4) is 0 Å². The Bertz CT molecular complexity index is 739. The smallest absolute Gasteiger partial charge is 0.311 e. The van der Waals surface area contributed by atoms with Gasteiger partial charge in [0.25, 0.3) is 5.91 Å². The van der Waals surface area contributed by atoms with Gasteiger partial charge in [-0.2, -0.15) is 0 Å². The van der Waals surface area contributed by atoms with E-state index >= 15 is 0 Å². The average molecular weight is 319 g/mol. The second-order valence-corrected chi connectivity index (χ2v) is 5.81. The molecule has 1 saturated carbocycles. The van der Waals surface area contributed by atoms with Crippen molar-refractivity contribution < 1.29 is 14.5 Å². The van der Waals surface area contributed by atoms with E-state index in [1.54, 1.807) is 0 Å². The molecule has 1 aromatic heterocycles. The first-order valence-corrected chi connectivity index (χ1v) is 7.55. The fraction of sp³-hybridized carbons (Fsp3) is 0.286.